The van der Waals surface area contributed by atoms with Gasteiger partial charge in [0.15, 0.2) is 6.61 Å². The van der Waals surface area contributed by atoms with Crippen LogP contribution in [0.2, 0.25) is 0 Å². The second kappa shape index (κ2) is 12.4. The molecule has 1 aromatic heterocycles. The van der Waals surface area contributed by atoms with Crippen molar-refractivity contribution in [1.29, 1.82) is 0 Å². The van der Waals surface area contributed by atoms with Gasteiger partial charge in [-0.25, -0.2) is 9.37 Å². The van der Waals surface area contributed by atoms with Crippen LogP contribution in [0, 0.1) is 12.7 Å². The maximum absolute atomic E-state index is 14.9. The zero-order valence-corrected chi connectivity index (χ0v) is 24.2. The number of hydrogen-bond acceptors (Lipinski definition) is 6. The van der Waals surface area contributed by atoms with Crippen molar-refractivity contribution in [2.24, 2.45) is 7.05 Å². The lowest BCUT2D eigenvalue weighted by Crippen LogP contribution is -2.36. The molecule has 4 rings (SSSR count). The molecule has 0 N–H and O–H groups in total. The quantitative estimate of drug-likeness (QED) is 0.197. The molecule has 0 atom stereocenters. The second-order valence-electron chi connectivity index (χ2n) is 10.1. The zero-order valence-electron chi connectivity index (χ0n) is 23.4. The van der Waals surface area contributed by atoms with Crippen molar-refractivity contribution in [3.63, 3.8) is 0 Å². The maximum Gasteiger partial charge on any atom is 0.423 e. The van der Waals surface area contributed by atoms with E-state index >= 15 is 0 Å². The Morgan fingerprint density at radius 1 is 1.07 bits per heavy atom. The summed E-state index contributed by atoms with van der Waals surface area (Å²) in [6.07, 6.45) is -0.881. The molecule has 0 fully saturated rings. The van der Waals surface area contributed by atoms with Gasteiger partial charge in [0.05, 0.1) is 11.2 Å². The SMILES string of the molecule is Cc1ccc(S(=O)(=O)OCC(F)(F)Oc2cccc(-c3cc(CN(C(=O)c4cn(C)cn4)C(C)C)ccc3F)c2)cc1. The predicted molar refractivity (Wildman–Crippen MR) is 150 cm³/mol. The summed E-state index contributed by atoms with van der Waals surface area (Å²) in [5.74, 6) is -1.23. The fourth-order valence-electron chi connectivity index (χ4n) is 4.10. The summed E-state index contributed by atoms with van der Waals surface area (Å²) in [4.78, 5) is 18.5. The monoisotopic (exact) mass is 601 g/mol. The van der Waals surface area contributed by atoms with Gasteiger partial charge in [-0.3, -0.25) is 8.98 Å². The number of hydrogen-bond donors (Lipinski definition) is 0. The van der Waals surface area contributed by atoms with E-state index < -0.39 is 28.7 Å². The Morgan fingerprint density at radius 2 is 1.79 bits per heavy atom. The third-order valence-electron chi connectivity index (χ3n) is 6.30. The number of ether oxygens (including phenoxy) is 1. The van der Waals surface area contributed by atoms with E-state index in [9.17, 15) is 26.4 Å². The van der Waals surface area contributed by atoms with E-state index in [0.29, 0.717) is 5.56 Å². The van der Waals surface area contributed by atoms with Crippen LogP contribution in [0.5, 0.6) is 5.75 Å². The average Bonchev–Trinajstić information content (AvgIpc) is 3.37. The summed E-state index contributed by atoms with van der Waals surface area (Å²) in [6, 6.07) is 15.0. The first-order valence-electron chi connectivity index (χ1n) is 12.9. The first kappa shape index (κ1) is 30.8. The predicted octanol–water partition coefficient (Wildman–Crippen LogP) is 5.96. The molecule has 0 saturated heterocycles. The van der Waals surface area contributed by atoms with Gasteiger partial charge in [-0.1, -0.05) is 35.9 Å². The van der Waals surface area contributed by atoms with E-state index in [1.54, 1.807) is 35.7 Å². The molecule has 0 spiro atoms. The first-order valence-corrected chi connectivity index (χ1v) is 14.4. The number of alkyl halides is 2. The van der Waals surface area contributed by atoms with Gasteiger partial charge >= 0.3 is 6.11 Å². The van der Waals surface area contributed by atoms with Crippen LogP contribution in [-0.4, -0.2) is 47.5 Å². The average molecular weight is 602 g/mol. The van der Waals surface area contributed by atoms with Crippen LogP contribution in [0.3, 0.4) is 0 Å². The number of halogens is 3. The van der Waals surface area contributed by atoms with Gasteiger partial charge in [0, 0.05) is 31.4 Å². The van der Waals surface area contributed by atoms with Crippen LogP contribution in [-0.2, 0) is 27.9 Å². The van der Waals surface area contributed by atoms with Crippen molar-refractivity contribution in [1.82, 2.24) is 14.5 Å². The van der Waals surface area contributed by atoms with Gasteiger partial charge < -0.3 is 14.2 Å². The zero-order chi connectivity index (χ0) is 30.7. The van der Waals surface area contributed by atoms with E-state index in [0.717, 1.165) is 5.56 Å². The topological polar surface area (TPSA) is 90.7 Å². The number of rotatable bonds is 11. The highest BCUT2D eigenvalue weighted by Crippen LogP contribution is 2.31. The van der Waals surface area contributed by atoms with E-state index in [1.165, 1.54) is 67.0 Å². The molecule has 42 heavy (non-hydrogen) atoms. The molecular weight excluding hydrogens is 571 g/mol. The van der Waals surface area contributed by atoms with Crippen LogP contribution in [0.15, 0.2) is 84.1 Å². The Kier molecular flexibility index (Phi) is 9.07. The minimum Gasteiger partial charge on any atom is -0.431 e. The molecule has 3 aromatic carbocycles. The van der Waals surface area contributed by atoms with E-state index in [-0.39, 0.29) is 46.0 Å². The summed E-state index contributed by atoms with van der Waals surface area (Å²) in [5, 5.41) is 0. The number of benzene rings is 3. The Morgan fingerprint density at radius 3 is 2.43 bits per heavy atom. The summed E-state index contributed by atoms with van der Waals surface area (Å²) in [6.45, 7) is 4.04. The van der Waals surface area contributed by atoms with Crippen molar-refractivity contribution in [3.8, 4) is 16.9 Å². The standard InChI is InChI=1S/C30H30F3N3O5S/c1-20(2)36(29(37)28-17-35(4)19-34-28)16-22-10-13-27(31)26(14-22)23-6-5-7-24(15-23)41-30(32,33)18-40-42(38,39)25-11-8-21(3)9-12-25/h5-15,17,19-20H,16,18H2,1-4H3. The lowest BCUT2D eigenvalue weighted by atomic mass is 10.0. The van der Waals surface area contributed by atoms with Gasteiger partial charge in [0.1, 0.15) is 17.3 Å². The highest BCUT2D eigenvalue weighted by molar-refractivity contribution is 7.86. The Hall–Kier alpha value is -4.16. The molecule has 0 bridgehead atoms. The van der Waals surface area contributed by atoms with Crippen molar-refractivity contribution in [3.05, 3.63) is 102 Å². The van der Waals surface area contributed by atoms with Gasteiger partial charge in [-0.05, 0) is 68.3 Å². The highest BCUT2D eigenvalue weighted by atomic mass is 32.2. The van der Waals surface area contributed by atoms with Crippen LogP contribution in [0.25, 0.3) is 11.1 Å². The van der Waals surface area contributed by atoms with Crippen LogP contribution >= 0.6 is 0 Å². The molecule has 0 saturated carbocycles. The molecule has 0 aliphatic heterocycles. The van der Waals surface area contributed by atoms with Gasteiger partial charge in [0.2, 0.25) is 0 Å². The van der Waals surface area contributed by atoms with Gasteiger partial charge in [-0.2, -0.15) is 17.2 Å². The molecule has 12 heteroatoms. The summed E-state index contributed by atoms with van der Waals surface area (Å²) >= 11 is 0. The van der Waals surface area contributed by atoms with Crippen molar-refractivity contribution in [2.45, 2.75) is 44.4 Å². The second-order valence-corrected chi connectivity index (χ2v) is 11.7. The fourth-order valence-corrected chi connectivity index (χ4v) is 4.99. The molecule has 1 heterocycles. The van der Waals surface area contributed by atoms with Crippen molar-refractivity contribution >= 4 is 16.0 Å². The lowest BCUT2D eigenvalue weighted by Gasteiger charge is -2.26. The molecule has 8 nitrogen and oxygen atoms in total. The summed E-state index contributed by atoms with van der Waals surface area (Å²) in [7, 11) is -2.69. The van der Waals surface area contributed by atoms with Crippen LogP contribution in [0.4, 0.5) is 13.2 Å². The summed E-state index contributed by atoms with van der Waals surface area (Å²) in [5.41, 5.74) is 2.02. The molecule has 1 amide bonds. The number of carbonyl (C=O) groups is 1. The Bertz CT molecular complexity index is 1670. The smallest absolute Gasteiger partial charge is 0.423 e. The number of amides is 1. The largest absolute Gasteiger partial charge is 0.431 e. The Balaban J connectivity index is 1.50. The molecule has 4 aromatic rings. The van der Waals surface area contributed by atoms with E-state index in [2.05, 4.69) is 9.17 Å². The van der Waals surface area contributed by atoms with Gasteiger partial charge in [0.25, 0.3) is 16.0 Å². The molecule has 0 radical (unpaired) electrons. The highest BCUT2D eigenvalue weighted by Gasteiger charge is 2.35. The van der Waals surface area contributed by atoms with E-state index in [1.807, 2.05) is 13.8 Å². The number of imidazole rings is 1. The fraction of sp³-hybridized carbons (Fsp3) is 0.267. The number of nitrogens with zero attached hydrogens (tertiary/aromatic N) is 3. The van der Waals surface area contributed by atoms with Crippen molar-refractivity contribution in [2.75, 3.05) is 6.61 Å². The third-order valence-corrected chi connectivity index (χ3v) is 7.57. The molecule has 0 unspecified atom stereocenters. The minimum absolute atomic E-state index is 0.105. The van der Waals surface area contributed by atoms with Crippen molar-refractivity contribution < 1.29 is 35.3 Å². The molecule has 0 aliphatic carbocycles. The maximum atomic E-state index is 14.9. The van der Waals surface area contributed by atoms with E-state index in [4.69, 9.17) is 4.74 Å². The summed E-state index contributed by atoms with van der Waals surface area (Å²) < 4.78 is 79.7. The molecular formula is C30H30F3N3O5S. The molecule has 222 valence electrons. The minimum atomic E-state index is -4.45. The first-order chi connectivity index (χ1) is 19.7. The third kappa shape index (κ3) is 7.56. The normalized spacial score (nSPS) is 12.0. The lowest BCUT2D eigenvalue weighted by molar-refractivity contribution is -0.194. The van der Waals surface area contributed by atoms with Crippen LogP contribution < -0.4 is 4.74 Å². The number of aryl methyl sites for hydroxylation is 2. The molecule has 0 aliphatic rings. The van der Waals surface area contributed by atoms with Gasteiger partial charge in [-0.15, -0.1) is 0 Å². The number of carbonyl (C=O) groups excluding carboxylic acids is 1. The number of aromatic nitrogens is 2. The van der Waals surface area contributed by atoms with Crippen LogP contribution in [0.1, 0.15) is 35.5 Å². The Labute approximate surface area is 242 Å².